The van der Waals surface area contributed by atoms with Crippen LogP contribution in [0.1, 0.15) is 30.1 Å². The molecule has 0 saturated heterocycles. The molecule has 116 valence electrons. The highest BCUT2D eigenvalue weighted by molar-refractivity contribution is 5.89. The Kier molecular flexibility index (Phi) is 4.66. The molecule has 0 aromatic heterocycles. The average Bonchev–Trinajstić information content (AvgIpc) is 3.38. The Labute approximate surface area is 129 Å². The molecule has 6 nitrogen and oxygen atoms in total. The molecular formula is C16H19N3O3. The fourth-order valence-corrected chi connectivity index (χ4v) is 2.24. The van der Waals surface area contributed by atoms with Crippen LogP contribution in [0.5, 0.6) is 0 Å². The maximum absolute atomic E-state index is 11.9. The molecule has 2 N–H and O–H groups in total. The molecule has 1 amide bonds. The lowest BCUT2D eigenvalue weighted by Crippen LogP contribution is -2.48. The smallest absolute Gasteiger partial charge is 0.337 e. The topological polar surface area (TPSA) is 91.2 Å². The molecule has 2 rings (SSSR count). The number of esters is 1. The lowest BCUT2D eigenvalue weighted by Gasteiger charge is -2.23. The number of nitrogens with one attached hydrogen (secondary N) is 2. The Morgan fingerprint density at radius 3 is 2.50 bits per heavy atom. The van der Waals surface area contributed by atoms with Crippen LogP contribution in [0.15, 0.2) is 24.3 Å². The van der Waals surface area contributed by atoms with Crippen LogP contribution in [-0.2, 0) is 9.53 Å². The zero-order chi connectivity index (χ0) is 16.2. The predicted octanol–water partition coefficient (Wildman–Crippen LogP) is 1.69. The van der Waals surface area contributed by atoms with Gasteiger partial charge in [-0.3, -0.25) is 4.79 Å². The molecule has 1 aliphatic rings. The number of methoxy groups -OCH3 is 1. The lowest BCUT2D eigenvalue weighted by atomic mass is 9.98. The lowest BCUT2D eigenvalue weighted by molar-refractivity contribution is -0.120. The summed E-state index contributed by atoms with van der Waals surface area (Å²) >= 11 is 0. The predicted molar refractivity (Wildman–Crippen MR) is 81.2 cm³/mol. The molecule has 1 aliphatic carbocycles. The SMILES string of the molecule is COC(=O)c1ccc(NCC(=O)NC(C)(C#N)C2CC2)cc1. The number of hydrogen-bond acceptors (Lipinski definition) is 5. The van der Waals surface area contributed by atoms with Crippen LogP contribution in [0.4, 0.5) is 5.69 Å². The summed E-state index contributed by atoms with van der Waals surface area (Å²) in [6.07, 6.45) is 1.96. The van der Waals surface area contributed by atoms with E-state index < -0.39 is 11.5 Å². The first kappa shape index (κ1) is 15.8. The molecule has 0 heterocycles. The molecule has 0 aliphatic heterocycles. The van der Waals surface area contributed by atoms with Gasteiger partial charge in [-0.15, -0.1) is 0 Å². The van der Waals surface area contributed by atoms with Gasteiger partial charge in [0, 0.05) is 5.69 Å². The number of hydrogen-bond donors (Lipinski definition) is 2. The Morgan fingerprint density at radius 1 is 1.36 bits per heavy atom. The fourth-order valence-electron chi connectivity index (χ4n) is 2.24. The standard InChI is InChI=1S/C16H19N3O3/c1-16(10-17,12-5-6-12)19-14(20)9-18-13-7-3-11(4-8-13)15(21)22-2/h3-4,7-8,12,18H,5-6,9H2,1-2H3,(H,19,20). The highest BCUT2D eigenvalue weighted by atomic mass is 16.5. The van der Waals surface area contributed by atoms with Gasteiger partial charge in [-0.05, 0) is 49.9 Å². The number of carbonyl (C=O) groups is 2. The van der Waals surface area contributed by atoms with Gasteiger partial charge < -0.3 is 15.4 Å². The first-order valence-corrected chi connectivity index (χ1v) is 7.13. The van der Waals surface area contributed by atoms with Gasteiger partial charge in [0.1, 0.15) is 5.54 Å². The molecule has 1 saturated carbocycles. The summed E-state index contributed by atoms with van der Waals surface area (Å²) < 4.78 is 4.62. The summed E-state index contributed by atoms with van der Waals surface area (Å²) in [5.41, 5.74) is 0.379. The summed E-state index contributed by atoms with van der Waals surface area (Å²) in [5.74, 6) is -0.382. The highest BCUT2D eigenvalue weighted by Gasteiger charge is 2.42. The first-order valence-electron chi connectivity index (χ1n) is 7.13. The van der Waals surface area contributed by atoms with Crippen molar-refractivity contribution in [1.29, 1.82) is 5.26 Å². The van der Waals surface area contributed by atoms with Crippen molar-refractivity contribution in [3.05, 3.63) is 29.8 Å². The van der Waals surface area contributed by atoms with Gasteiger partial charge in [0.15, 0.2) is 0 Å². The number of benzene rings is 1. The van der Waals surface area contributed by atoms with Crippen LogP contribution in [-0.4, -0.2) is 31.1 Å². The van der Waals surface area contributed by atoms with Gasteiger partial charge in [-0.25, -0.2) is 4.79 Å². The van der Waals surface area contributed by atoms with Gasteiger partial charge in [0.2, 0.25) is 5.91 Å². The largest absolute Gasteiger partial charge is 0.465 e. The maximum Gasteiger partial charge on any atom is 0.337 e. The van der Waals surface area contributed by atoms with Crippen molar-refractivity contribution in [3.8, 4) is 6.07 Å². The van der Waals surface area contributed by atoms with E-state index in [1.165, 1.54) is 7.11 Å². The van der Waals surface area contributed by atoms with Crippen molar-refractivity contribution in [2.45, 2.75) is 25.3 Å². The van der Waals surface area contributed by atoms with Crippen molar-refractivity contribution >= 4 is 17.6 Å². The van der Waals surface area contributed by atoms with E-state index >= 15 is 0 Å². The Balaban J connectivity index is 1.86. The third kappa shape index (κ3) is 3.76. The van der Waals surface area contributed by atoms with E-state index in [1.54, 1.807) is 31.2 Å². The van der Waals surface area contributed by atoms with Crippen molar-refractivity contribution in [2.24, 2.45) is 5.92 Å². The van der Waals surface area contributed by atoms with E-state index in [0.29, 0.717) is 11.3 Å². The third-order valence-electron chi connectivity index (χ3n) is 3.78. The van der Waals surface area contributed by atoms with Gasteiger partial charge >= 0.3 is 5.97 Å². The second kappa shape index (κ2) is 6.48. The van der Waals surface area contributed by atoms with Crippen molar-refractivity contribution in [3.63, 3.8) is 0 Å². The molecule has 1 aromatic rings. The summed E-state index contributed by atoms with van der Waals surface area (Å²) in [5, 5.41) is 14.9. The fraction of sp³-hybridized carbons (Fsp3) is 0.438. The number of rotatable bonds is 6. The van der Waals surface area contributed by atoms with Crippen molar-refractivity contribution in [1.82, 2.24) is 5.32 Å². The molecule has 0 bridgehead atoms. The Bertz CT molecular complexity index is 602. The van der Waals surface area contributed by atoms with E-state index in [4.69, 9.17) is 0 Å². The summed E-state index contributed by atoms with van der Waals surface area (Å²) in [6.45, 7) is 1.83. The molecule has 6 heteroatoms. The monoisotopic (exact) mass is 301 g/mol. The number of nitrogens with zero attached hydrogens (tertiary/aromatic N) is 1. The van der Waals surface area contributed by atoms with Crippen LogP contribution >= 0.6 is 0 Å². The molecule has 1 aromatic carbocycles. The van der Waals surface area contributed by atoms with Crippen LogP contribution in [0.3, 0.4) is 0 Å². The van der Waals surface area contributed by atoms with Gasteiger partial charge in [-0.2, -0.15) is 5.26 Å². The maximum atomic E-state index is 11.9. The van der Waals surface area contributed by atoms with Crippen LogP contribution in [0.25, 0.3) is 0 Å². The van der Waals surface area contributed by atoms with E-state index in [-0.39, 0.29) is 18.4 Å². The molecule has 1 fully saturated rings. The van der Waals surface area contributed by atoms with Crippen LogP contribution < -0.4 is 10.6 Å². The third-order valence-corrected chi connectivity index (χ3v) is 3.78. The average molecular weight is 301 g/mol. The molecule has 0 spiro atoms. The van der Waals surface area contributed by atoms with E-state index in [0.717, 1.165) is 12.8 Å². The number of anilines is 1. The Morgan fingerprint density at radius 2 is 2.00 bits per heavy atom. The molecule has 0 radical (unpaired) electrons. The summed E-state index contributed by atoms with van der Waals surface area (Å²) in [7, 11) is 1.32. The molecule has 22 heavy (non-hydrogen) atoms. The minimum Gasteiger partial charge on any atom is -0.465 e. The second-order valence-electron chi connectivity index (χ2n) is 5.56. The van der Waals surface area contributed by atoms with Crippen molar-refractivity contribution in [2.75, 3.05) is 19.0 Å². The molecule has 1 unspecified atom stereocenters. The number of nitriles is 1. The minimum atomic E-state index is -0.784. The molecule has 1 atom stereocenters. The van der Waals surface area contributed by atoms with E-state index in [1.807, 2.05) is 0 Å². The van der Waals surface area contributed by atoms with Crippen LogP contribution in [0.2, 0.25) is 0 Å². The highest BCUT2D eigenvalue weighted by Crippen LogP contribution is 2.39. The first-order chi connectivity index (χ1) is 10.5. The quantitative estimate of drug-likeness (QED) is 0.780. The number of ether oxygens (including phenoxy) is 1. The van der Waals surface area contributed by atoms with Gasteiger partial charge in [0.05, 0.1) is 25.3 Å². The normalized spacial score (nSPS) is 16.0. The van der Waals surface area contributed by atoms with E-state index in [9.17, 15) is 14.9 Å². The second-order valence-corrected chi connectivity index (χ2v) is 5.56. The van der Waals surface area contributed by atoms with Gasteiger partial charge in [-0.1, -0.05) is 0 Å². The Hall–Kier alpha value is -2.55. The van der Waals surface area contributed by atoms with Crippen molar-refractivity contribution < 1.29 is 14.3 Å². The zero-order valence-corrected chi connectivity index (χ0v) is 12.7. The zero-order valence-electron chi connectivity index (χ0n) is 12.7. The summed E-state index contributed by atoms with van der Waals surface area (Å²) in [4.78, 5) is 23.3. The summed E-state index contributed by atoms with van der Waals surface area (Å²) in [6, 6.07) is 8.82. The molecular weight excluding hydrogens is 282 g/mol. The van der Waals surface area contributed by atoms with Crippen LogP contribution in [0, 0.1) is 17.2 Å². The number of amides is 1. The minimum absolute atomic E-state index is 0.0710. The number of carbonyl (C=O) groups excluding carboxylic acids is 2. The van der Waals surface area contributed by atoms with Gasteiger partial charge in [0.25, 0.3) is 0 Å². The van der Waals surface area contributed by atoms with E-state index in [2.05, 4.69) is 21.4 Å².